The molecule has 1 amide bonds. The highest BCUT2D eigenvalue weighted by atomic mass is 19.1. The number of carbonyl (C=O) groups is 1. The minimum absolute atomic E-state index is 0.0284. The molecule has 6 heteroatoms. The molecule has 1 aliphatic heterocycles. The standard InChI is InChI=1S/C27H29FN2O3/c1-32-22-7-5-6-20(16-22)24-8-3-4-9-26(24)29-27(31)19-12-14-30(15-13-19)18-21-10-11-23(33-2)17-25(21)28/h3-11,16-17,19H,12-15,18H2,1-2H3,(H,29,31). The number of ether oxygens (including phenoxy) is 2. The van der Waals surface area contributed by atoms with Crippen LogP contribution in [0.4, 0.5) is 10.1 Å². The predicted octanol–water partition coefficient (Wildman–Crippen LogP) is 5.36. The smallest absolute Gasteiger partial charge is 0.227 e. The number of likely N-dealkylation sites (tertiary alicyclic amines) is 1. The number of methoxy groups -OCH3 is 2. The molecule has 0 saturated carbocycles. The quantitative estimate of drug-likeness (QED) is 0.529. The van der Waals surface area contributed by atoms with E-state index in [1.807, 2.05) is 48.5 Å². The van der Waals surface area contributed by atoms with Gasteiger partial charge < -0.3 is 14.8 Å². The average molecular weight is 449 g/mol. The van der Waals surface area contributed by atoms with Crippen LogP contribution in [-0.2, 0) is 11.3 Å². The number of benzene rings is 3. The van der Waals surface area contributed by atoms with Gasteiger partial charge in [-0.1, -0.05) is 36.4 Å². The van der Waals surface area contributed by atoms with Gasteiger partial charge in [-0.3, -0.25) is 9.69 Å². The number of anilines is 1. The van der Waals surface area contributed by atoms with Crippen molar-refractivity contribution in [1.29, 1.82) is 0 Å². The van der Waals surface area contributed by atoms with E-state index < -0.39 is 0 Å². The van der Waals surface area contributed by atoms with Gasteiger partial charge in [-0.15, -0.1) is 0 Å². The summed E-state index contributed by atoms with van der Waals surface area (Å²) in [6, 6.07) is 20.6. The van der Waals surface area contributed by atoms with Crippen LogP contribution in [0.15, 0.2) is 66.7 Å². The topological polar surface area (TPSA) is 50.8 Å². The fraction of sp³-hybridized carbons (Fsp3) is 0.296. The summed E-state index contributed by atoms with van der Waals surface area (Å²) in [5.41, 5.74) is 3.38. The number of rotatable bonds is 7. The lowest BCUT2D eigenvalue weighted by Crippen LogP contribution is -2.38. The van der Waals surface area contributed by atoms with Crippen molar-refractivity contribution in [2.24, 2.45) is 5.92 Å². The van der Waals surface area contributed by atoms with E-state index in [1.54, 1.807) is 19.2 Å². The van der Waals surface area contributed by atoms with Gasteiger partial charge >= 0.3 is 0 Å². The van der Waals surface area contributed by atoms with Gasteiger partial charge in [0.25, 0.3) is 0 Å². The van der Waals surface area contributed by atoms with Gasteiger partial charge in [-0.25, -0.2) is 4.39 Å². The van der Waals surface area contributed by atoms with Crippen LogP contribution in [0.3, 0.4) is 0 Å². The van der Waals surface area contributed by atoms with Crippen LogP contribution in [0.25, 0.3) is 11.1 Å². The van der Waals surface area contributed by atoms with E-state index in [9.17, 15) is 9.18 Å². The van der Waals surface area contributed by atoms with E-state index in [0.717, 1.165) is 48.5 Å². The van der Waals surface area contributed by atoms with Crippen LogP contribution in [0.5, 0.6) is 11.5 Å². The highest BCUT2D eigenvalue weighted by Gasteiger charge is 2.26. The molecule has 0 bridgehead atoms. The SMILES string of the molecule is COc1cccc(-c2ccccc2NC(=O)C2CCN(Cc3ccc(OC)cc3F)CC2)c1. The summed E-state index contributed by atoms with van der Waals surface area (Å²) >= 11 is 0. The van der Waals surface area contributed by atoms with Gasteiger partial charge in [0.05, 0.1) is 14.2 Å². The minimum Gasteiger partial charge on any atom is -0.497 e. The van der Waals surface area contributed by atoms with Crippen LogP contribution < -0.4 is 14.8 Å². The fourth-order valence-electron chi connectivity index (χ4n) is 4.25. The number of nitrogens with one attached hydrogen (secondary N) is 1. The molecule has 3 aromatic carbocycles. The van der Waals surface area contributed by atoms with Crippen molar-refractivity contribution in [3.05, 3.63) is 78.1 Å². The van der Waals surface area contributed by atoms with Crippen LogP contribution >= 0.6 is 0 Å². The lowest BCUT2D eigenvalue weighted by atomic mass is 9.95. The Balaban J connectivity index is 1.37. The lowest BCUT2D eigenvalue weighted by Gasteiger charge is -2.31. The van der Waals surface area contributed by atoms with Crippen molar-refractivity contribution in [2.75, 3.05) is 32.6 Å². The second kappa shape index (κ2) is 10.5. The molecule has 5 nitrogen and oxygen atoms in total. The van der Waals surface area contributed by atoms with Crippen molar-refractivity contribution in [3.8, 4) is 22.6 Å². The zero-order valence-corrected chi connectivity index (χ0v) is 19.0. The van der Waals surface area contributed by atoms with Crippen molar-refractivity contribution in [3.63, 3.8) is 0 Å². The fourth-order valence-corrected chi connectivity index (χ4v) is 4.25. The molecular weight excluding hydrogens is 419 g/mol. The number of amides is 1. The molecule has 0 spiro atoms. The third kappa shape index (κ3) is 5.52. The Morgan fingerprint density at radius 1 is 0.970 bits per heavy atom. The van der Waals surface area contributed by atoms with Gasteiger partial charge in [0, 0.05) is 35.3 Å². The van der Waals surface area contributed by atoms with Crippen LogP contribution in [0.1, 0.15) is 18.4 Å². The second-order valence-corrected chi connectivity index (χ2v) is 8.27. The molecule has 1 aliphatic rings. The molecule has 0 aromatic heterocycles. The Morgan fingerprint density at radius 3 is 2.42 bits per heavy atom. The maximum absolute atomic E-state index is 14.3. The molecule has 172 valence electrons. The first-order valence-corrected chi connectivity index (χ1v) is 11.2. The molecule has 0 radical (unpaired) electrons. The average Bonchev–Trinajstić information content (AvgIpc) is 2.86. The predicted molar refractivity (Wildman–Crippen MR) is 128 cm³/mol. The molecular formula is C27H29FN2O3. The number of piperidine rings is 1. The van der Waals surface area contributed by atoms with Crippen molar-refractivity contribution in [1.82, 2.24) is 4.90 Å². The number of halogens is 1. The Bertz CT molecular complexity index is 1110. The summed E-state index contributed by atoms with van der Waals surface area (Å²) < 4.78 is 24.7. The van der Waals surface area contributed by atoms with Gasteiger partial charge in [0.2, 0.25) is 5.91 Å². The highest BCUT2D eigenvalue weighted by Crippen LogP contribution is 2.31. The third-order valence-corrected chi connectivity index (χ3v) is 6.18. The summed E-state index contributed by atoms with van der Waals surface area (Å²) in [5, 5.41) is 3.13. The van der Waals surface area contributed by atoms with E-state index >= 15 is 0 Å². The Labute approximate surface area is 194 Å². The molecule has 4 rings (SSSR count). The third-order valence-electron chi connectivity index (χ3n) is 6.18. The molecule has 0 atom stereocenters. The van der Waals surface area contributed by atoms with E-state index in [4.69, 9.17) is 9.47 Å². The Hall–Kier alpha value is -3.38. The zero-order chi connectivity index (χ0) is 23.2. The Kier molecular flexibility index (Phi) is 7.25. The number of para-hydroxylation sites is 1. The van der Waals surface area contributed by atoms with E-state index in [1.165, 1.54) is 13.2 Å². The van der Waals surface area contributed by atoms with Crippen LogP contribution in [0.2, 0.25) is 0 Å². The number of hydrogen-bond donors (Lipinski definition) is 1. The molecule has 0 unspecified atom stereocenters. The molecule has 33 heavy (non-hydrogen) atoms. The van der Waals surface area contributed by atoms with Crippen LogP contribution in [-0.4, -0.2) is 38.1 Å². The summed E-state index contributed by atoms with van der Waals surface area (Å²) in [4.78, 5) is 15.2. The molecule has 1 fully saturated rings. The summed E-state index contributed by atoms with van der Waals surface area (Å²) in [6.07, 6.45) is 1.48. The first-order chi connectivity index (χ1) is 16.1. The first-order valence-electron chi connectivity index (χ1n) is 11.2. The van der Waals surface area contributed by atoms with Crippen molar-refractivity contribution < 1.29 is 18.7 Å². The molecule has 1 saturated heterocycles. The number of carbonyl (C=O) groups excluding carboxylic acids is 1. The second-order valence-electron chi connectivity index (χ2n) is 8.27. The summed E-state index contributed by atoms with van der Waals surface area (Å²) in [6.45, 7) is 2.03. The monoisotopic (exact) mass is 448 g/mol. The molecule has 1 heterocycles. The van der Waals surface area contributed by atoms with Gasteiger partial charge in [-0.2, -0.15) is 0 Å². The van der Waals surface area contributed by atoms with Gasteiger partial charge in [-0.05, 0) is 55.8 Å². The highest BCUT2D eigenvalue weighted by molar-refractivity contribution is 5.96. The maximum Gasteiger partial charge on any atom is 0.227 e. The summed E-state index contributed by atoms with van der Waals surface area (Å²) in [7, 11) is 3.17. The van der Waals surface area contributed by atoms with Gasteiger partial charge in [0.1, 0.15) is 17.3 Å². The largest absolute Gasteiger partial charge is 0.497 e. The van der Waals surface area contributed by atoms with E-state index in [-0.39, 0.29) is 17.6 Å². The molecule has 0 aliphatic carbocycles. The molecule has 3 aromatic rings. The first kappa shape index (κ1) is 22.8. The van der Waals surface area contributed by atoms with Gasteiger partial charge in [0.15, 0.2) is 0 Å². The maximum atomic E-state index is 14.3. The number of nitrogens with zero attached hydrogens (tertiary/aromatic N) is 1. The number of hydrogen-bond acceptors (Lipinski definition) is 4. The lowest BCUT2D eigenvalue weighted by molar-refractivity contribution is -0.121. The Morgan fingerprint density at radius 2 is 1.70 bits per heavy atom. The van der Waals surface area contributed by atoms with Crippen molar-refractivity contribution >= 4 is 11.6 Å². The van der Waals surface area contributed by atoms with E-state index in [0.29, 0.717) is 17.9 Å². The van der Waals surface area contributed by atoms with E-state index in [2.05, 4.69) is 10.2 Å². The minimum atomic E-state index is -0.261. The van der Waals surface area contributed by atoms with Crippen LogP contribution in [0, 0.1) is 11.7 Å². The van der Waals surface area contributed by atoms with Crippen molar-refractivity contribution in [2.45, 2.75) is 19.4 Å². The molecule has 1 N–H and O–H groups in total. The summed E-state index contributed by atoms with van der Waals surface area (Å²) in [5.74, 6) is 0.986. The zero-order valence-electron chi connectivity index (χ0n) is 19.0. The normalized spacial score (nSPS) is 14.6.